The molecule has 0 saturated heterocycles. The summed E-state index contributed by atoms with van der Waals surface area (Å²) in [6.45, 7) is 0.394. The summed E-state index contributed by atoms with van der Waals surface area (Å²) in [6.07, 6.45) is -12.4. The zero-order chi connectivity index (χ0) is 32.0. The zero-order valence-electron chi connectivity index (χ0n) is 20.4. The molecule has 19 heteroatoms. The van der Waals surface area contributed by atoms with Gasteiger partial charge in [-0.3, -0.25) is 14.6 Å². The molecule has 1 amide bonds. The van der Waals surface area contributed by atoms with E-state index in [0.29, 0.717) is 25.1 Å². The summed E-state index contributed by atoms with van der Waals surface area (Å²) < 4.78 is 99.8. The summed E-state index contributed by atoms with van der Waals surface area (Å²) in [5, 5.41) is 18.3. The van der Waals surface area contributed by atoms with Gasteiger partial charge in [0.15, 0.2) is 0 Å². The van der Waals surface area contributed by atoms with Crippen LogP contribution in [0.25, 0.3) is 10.9 Å². The zero-order valence-corrected chi connectivity index (χ0v) is 21.3. The summed E-state index contributed by atoms with van der Waals surface area (Å²) in [7, 11) is 0. The van der Waals surface area contributed by atoms with Gasteiger partial charge < -0.3 is 21.3 Å². The first-order valence-corrected chi connectivity index (χ1v) is 12.0. The molecule has 1 aromatic heterocycles. The molecule has 0 saturated carbocycles. The third kappa shape index (κ3) is 16.3. The van der Waals surface area contributed by atoms with Crippen LogP contribution in [-0.2, 0) is 25.7 Å². The van der Waals surface area contributed by atoms with E-state index in [1.54, 1.807) is 6.20 Å². The van der Waals surface area contributed by atoms with E-state index in [-0.39, 0.29) is 0 Å². The number of alkyl halides is 9. The van der Waals surface area contributed by atoms with Crippen LogP contribution in [0, 0.1) is 0 Å². The lowest BCUT2D eigenvalue weighted by atomic mass is 10.1. The topological polar surface area (TPSA) is 160 Å². The predicted molar refractivity (Wildman–Crippen MR) is 127 cm³/mol. The van der Waals surface area contributed by atoms with E-state index in [1.807, 2.05) is 30.3 Å². The first kappa shape index (κ1) is 37.4. The van der Waals surface area contributed by atoms with E-state index in [0.717, 1.165) is 28.2 Å². The highest BCUT2D eigenvalue weighted by atomic mass is 32.2. The van der Waals surface area contributed by atoms with Gasteiger partial charge in [-0.25, -0.2) is 9.59 Å². The number of thioether (sulfide) groups is 1. The van der Waals surface area contributed by atoms with Crippen LogP contribution in [0.3, 0.4) is 0 Å². The van der Waals surface area contributed by atoms with E-state index in [1.165, 1.54) is 0 Å². The van der Waals surface area contributed by atoms with Crippen molar-refractivity contribution < 1.29 is 68.9 Å². The van der Waals surface area contributed by atoms with Gasteiger partial charge in [0.2, 0.25) is 11.7 Å². The van der Waals surface area contributed by atoms with Crippen LogP contribution in [0.5, 0.6) is 0 Å². The number of amides is 1. The summed E-state index contributed by atoms with van der Waals surface area (Å²) in [4.78, 5) is 44.5. The summed E-state index contributed by atoms with van der Waals surface area (Å²) in [6, 6.07) is 9.02. The van der Waals surface area contributed by atoms with Crippen molar-refractivity contribution in [3.63, 3.8) is 0 Å². The maximum atomic E-state index is 12.1. The Balaban J connectivity index is 0.000000941. The number of pyridine rings is 1. The number of primary amides is 1. The van der Waals surface area contributed by atoms with Crippen LogP contribution in [0.15, 0.2) is 36.5 Å². The van der Waals surface area contributed by atoms with Crippen LogP contribution in [0.4, 0.5) is 39.5 Å². The van der Waals surface area contributed by atoms with E-state index >= 15 is 0 Å². The minimum atomic E-state index is -5.08. The summed E-state index contributed by atoms with van der Waals surface area (Å²) >= 11 is 0.898. The Kier molecular flexibility index (Phi) is 15.1. The van der Waals surface area contributed by atoms with Crippen molar-refractivity contribution in [2.75, 3.05) is 11.5 Å². The lowest BCUT2D eigenvalue weighted by Crippen LogP contribution is -2.41. The molecule has 2 aromatic rings. The first-order chi connectivity index (χ1) is 18.7. The lowest BCUT2D eigenvalue weighted by molar-refractivity contribution is -0.193. The smallest absolute Gasteiger partial charge is 0.475 e. The number of halogens is 9. The number of Topliss-reactive ketones (excluding diaryl/α,β-unsaturated/α-hetero) is 1. The fourth-order valence-corrected chi connectivity index (χ4v) is 3.30. The second kappa shape index (κ2) is 16.6. The van der Waals surface area contributed by atoms with Crippen molar-refractivity contribution in [2.24, 2.45) is 5.73 Å². The van der Waals surface area contributed by atoms with Crippen molar-refractivity contribution in [3.8, 4) is 0 Å². The molecule has 2 rings (SSSR count). The molecule has 0 bridgehead atoms. The van der Waals surface area contributed by atoms with Gasteiger partial charge in [-0.1, -0.05) is 18.2 Å². The minimum absolute atomic E-state index is 0.338. The number of carboxylic acids is 2. The molecule has 0 spiro atoms. The van der Waals surface area contributed by atoms with E-state index in [4.69, 9.17) is 25.5 Å². The highest BCUT2D eigenvalue weighted by Gasteiger charge is 2.39. The average Bonchev–Trinajstić information content (AvgIpc) is 2.84. The van der Waals surface area contributed by atoms with Gasteiger partial charge in [-0.15, -0.1) is 0 Å². The van der Waals surface area contributed by atoms with E-state index < -0.39 is 54.0 Å². The van der Waals surface area contributed by atoms with Gasteiger partial charge in [0.05, 0.1) is 17.3 Å². The molecule has 0 radical (unpaired) electrons. The molecule has 1 atom stereocenters. The van der Waals surface area contributed by atoms with E-state index in [9.17, 15) is 49.1 Å². The van der Waals surface area contributed by atoms with Gasteiger partial charge in [0, 0.05) is 18.1 Å². The monoisotopic (exact) mass is 627 g/mol. The molecule has 230 valence electrons. The van der Waals surface area contributed by atoms with Crippen LogP contribution in [-0.4, -0.2) is 74.9 Å². The third-order valence-electron chi connectivity index (χ3n) is 4.36. The minimum Gasteiger partial charge on any atom is -0.475 e. The van der Waals surface area contributed by atoms with Crippen molar-refractivity contribution in [1.29, 1.82) is 0 Å². The van der Waals surface area contributed by atoms with Crippen molar-refractivity contribution in [1.82, 2.24) is 10.3 Å². The number of ketones is 1. The number of nitrogens with two attached hydrogens (primary N) is 1. The average molecular weight is 627 g/mol. The van der Waals surface area contributed by atoms with Crippen LogP contribution >= 0.6 is 11.8 Å². The number of hydrogen-bond acceptors (Lipinski definition) is 7. The molecule has 9 nitrogen and oxygen atoms in total. The molecule has 0 unspecified atom stereocenters. The Morgan fingerprint density at radius 1 is 0.902 bits per heavy atom. The fraction of sp³-hybridized carbons (Fsp3) is 0.409. The number of benzene rings is 1. The molecule has 5 N–H and O–H groups in total. The molecule has 0 aliphatic rings. The van der Waals surface area contributed by atoms with Gasteiger partial charge >= 0.3 is 30.5 Å². The SMILES string of the molecule is NC(=O)[C@H](CCCSCC(=O)C(F)(F)F)NCc1cnc2ccccc2c1.O=C(O)C(F)(F)F.O=C(O)C(F)(F)F. The second-order valence-corrected chi connectivity index (χ2v) is 8.70. The molecular formula is C22H22F9N3O6S. The number of nitrogens with one attached hydrogen (secondary N) is 1. The number of carbonyl (C=O) groups is 4. The number of carboxylic acid groups (broad SMARTS) is 2. The Hall–Kier alpha value is -3.61. The van der Waals surface area contributed by atoms with Crippen molar-refractivity contribution >= 4 is 46.3 Å². The van der Waals surface area contributed by atoms with Crippen LogP contribution in [0.1, 0.15) is 18.4 Å². The largest absolute Gasteiger partial charge is 0.490 e. The Morgan fingerprint density at radius 2 is 1.41 bits per heavy atom. The van der Waals surface area contributed by atoms with Crippen LogP contribution < -0.4 is 11.1 Å². The first-order valence-electron chi connectivity index (χ1n) is 10.8. The molecule has 0 fully saturated rings. The quantitative estimate of drug-likeness (QED) is 0.225. The molecular weight excluding hydrogens is 605 g/mol. The normalized spacial score (nSPS) is 12.3. The van der Waals surface area contributed by atoms with Gasteiger partial charge in [0.1, 0.15) is 0 Å². The number of hydrogen-bond donors (Lipinski definition) is 4. The molecule has 41 heavy (non-hydrogen) atoms. The number of fused-ring (bicyclic) bond motifs is 1. The molecule has 0 aliphatic carbocycles. The van der Waals surface area contributed by atoms with E-state index in [2.05, 4.69) is 10.3 Å². The number of nitrogens with zero attached hydrogens (tertiary/aromatic N) is 1. The van der Waals surface area contributed by atoms with Crippen molar-refractivity contribution in [2.45, 2.75) is 44.0 Å². The van der Waals surface area contributed by atoms with Gasteiger partial charge in [0.25, 0.3) is 0 Å². The number of carbonyl (C=O) groups excluding carboxylic acids is 2. The number of para-hydroxylation sites is 1. The second-order valence-electron chi connectivity index (χ2n) is 7.59. The number of aliphatic carboxylic acids is 2. The number of rotatable bonds is 10. The number of aromatic nitrogens is 1. The van der Waals surface area contributed by atoms with Gasteiger partial charge in [-0.2, -0.15) is 51.3 Å². The fourth-order valence-electron chi connectivity index (χ4n) is 2.44. The summed E-state index contributed by atoms with van der Waals surface area (Å²) in [5.74, 6) is -8.06. The van der Waals surface area contributed by atoms with Crippen LogP contribution in [0.2, 0.25) is 0 Å². The molecule has 1 heterocycles. The molecule has 1 aromatic carbocycles. The lowest BCUT2D eigenvalue weighted by Gasteiger charge is -2.15. The Morgan fingerprint density at radius 3 is 1.88 bits per heavy atom. The summed E-state index contributed by atoms with van der Waals surface area (Å²) in [5.41, 5.74) is 7.15. The third-order valence-corrected chi connectivity index (χ3v) is 5.40. The molecule has 0 aliphatic heterocycles. The maximum absolute atomic E-state index is 12.1. The Labute approximate surface area is 229 Å². The predicted octanol–water partition coefficient (Wildman–Crippen LogP) is 4.09. The van der Waals surface area contributed by atoms with Gasteiger partial charge in [-0.05, 0) is 36.3 Å². The maximum Gasteiger partial charge on any atom is 0.490 e. The standard InChI is InChI=1S/C18H20F3N3O2S.2C2HF3O2/c19-18(20,21)16(25)11-27-7-3-6-15(17(22)26)24-10-12-8-13-4-1-2-5-14(13)23-9-12;2*3-2(4,5)1(6)7/h1-2,4-5,8-9,15,24H,3,6-7,10-11H2,(H2,22,26);2*(H,6,7)/t15-;;/m0../s1. The highest BCUT2D eigenvalue weighted by molar-refractivity contribution is 7.99. The Bertz CT molecular complexity index is 1150. The van der Waals surface area contributed by atoms with Crippen molar-refractivity contribution in [3.05, 3.63) is 42.1 Å². The highest BCUT2D eigenvalue weighted by Crippen LogP contribution is 2.19.